The van der Waals surface area contributed by atoms with Gasteiger partial charge in [-0.15, -0.1) is 0 Å². The quantitative estimate of drug-likeness (QED) is 0.539. The molecule has 0 fully saturated rings. The minimum Gasteiger partial charge on any atom is -0.414 e. The summed E-state index contributed by atoms with van der Waals surface area (Å²) in [5, 5.41) is 0.242. The molecule has 0 bridgehead atoms. The number of carbonyl (C=O) groups is 1. The number of carbonyl (C=O) groups excluding carboxylic acids is 1. The zero-order valence-corrected chi connectivity index (χ0v) is 12.8. The number of rotatable bonds is 5. The van der Waals surface area contributed by atoms with Gasteiger partial charge in [-0.25, -0.2) is 0 Å². The van der Waals surface area contributed by atoms with Crippen LogP contribution in [0.25, 0.3) is 0 Å². The third-order valence-corrected chi connectivity index (χ3v) is 7.73. The summed E-state index contributed by atoms with van der Waals surface area (Å²) in [6.07, 6.45) is 4.52. The maximum atomic E-state index is 10.8. The maximum Gasteiger partial charge on any atom is 0.192 e. The van der Waals surface area contributed by atoms with Crippen LogP contribution in [0.15, 0.2) is 12.2 Å². The SMILES string of the molecule is CC(=O)C=CCC(C)O[Si](C)(C)C(C)(C)C. The summed E-state index contributed by atoms with van der Waals surface area (Å²) in [5.74, 6) is 0.0968. The van der Waals surface area contributed by atoms with Gasteiger partial charge in [0, 0.05) is 6.10 Å². The molecule has 0 aliphatic carbocycles. The molecule has 0 aliphatic heterocycles. The first-order valence-electron chi connectivity index (χ1n) is 5.91. The van der Waals surface area contributed by atoms with Gasteiger partial charge in [0.1, 0.15) is 0 Å². The van der Waals surface area contributed by atoms with Crippen molar-refractivity contribution in [2.45, 2.75) is 65.3 Å². The zero-order valence-electron chi connectivity index (χ0n) is 11.8. The van der Waals surface area contributed by atoms with Crippen LogP contribution in [0, 0.1) is 0 Å². The van der Waals surface area contributed by atoms with Gasteiger partial charge in [-0.1, -0.05) is 26.8 Å². The van der Waals surface area contributed by atoms with Gasteiger partial charge in [0.2, 0.25) is 0 Å². The van der Waals surface area contributed by atoms with E-state index in [1.165, 1.54) is 0 Å². The van der Waals surface area contributed by atoms with Gasteiger partial charge >= 0.3 is 0 Å². The van der Waals surface area contributed by atoms with Crippen molar-refractivity contribution in [2.24, 2.45) is 0 Å². The molecule has 16 heavy (non-hydrogen) atoms. The highest BCUT2D eigenvalue weighted by Crippen LogP contribution is 2.37. The molecular weight excluding hydrogens is 216 g/mol. The average molecular weight is 242 g/mol. The van der Waals surface area contributed by atoms with Gasteiger partial charge in [-0.3, -0.25) is 4.79 Å². The normalized spacial score (nSPS) is 15.4. The van der Waals surface area contributed by atoms with E-state index in [4.69, 9.17) is 4.43 Å². The van der Waals surface area contributed by atoms with Crippen LogP contribution < -0.4 is 0 Å². The summed E-state index contributed by atoms with van der Waals surface area (Å²) in [6.45, 7) is 14.8. The average Bonchev–Trinajstić information content (AvgIpc) is 1.99. The number of hydrogen-bond acceptors (Lipinski definition) is 2. The minimum atomic E-state index is -1.66. The molecule has 0 rings (SSSR count). The highest BCUT2D eigenvalue weighted by atomic mass is 28.4. The first kappa shape index (κ1) is 15.6. The molecule has 3 heteroatoms. The van der Waals surface area contributed by atoms with Crippen molar-refractivity contribution in [3.63, 3.8) is 0 Å². The first-order chi connectivity index (χ1) is 7.06. The molecule has 0 heterocycles. The van der Waals surface area contributed by atoms with Crippen molar-refractivity contribution in [3.8, 4) is 0 Å². The fourth-order valence-corrected chi connectivity index (χ4v) is 2.61. The van der Waals surface area contributed by atoms with E-state index >= 15 is 0 Å². The lowest BCUT2D eigenvalue weighted by atomic mass is 10.2. The molecule has 0 aromatic heterocycles. The van der Waals surface area contributed by atoms with E-state index in [0.29, 0.717) is 0 Å². The Balaban J connectivity index is 4.24. The molecule has 0 aromatic rings. The predicted molar refractivity (Wildman–Crippen MR) is 72.2 cm³/mol. The lowest BCUT2D eigenvalue weighted by molar-refractivity contribution is -0.112. The molecule has 0 N–H and O–H groups in total. The molecule has 0 saturated carbocycles. The van der Waals surface area contributed by atoms with Crippen molar-refractivity contribution < 1.29 is 9.22 Å². The van der Waals surface area contributed by atoms with Crippen LogP contribution in [-0.2, 0) is 9.22 Å². The summed E-state index contributed by atoms with van der Waals surface area (Å²) in [6, 6.07) is 0. The van der Waals surface area contributed by atoms with E-state index in [1.807, 2.05) is 6.08 Å². The second kappa shape index (κ2) is 5.78. The molecule has 0 spiro atoms. The van der Waals surface area contributed by atoms with E-state index in [0.717, 1.165) is 6.42 Å². The smallest absolute Gasteiger partial charge is 0.192 e. The van der Waals surface area contributed by atoms with E-state index in [9.17, 15) is 4.79 Å². The molecule has 1 unspecified atom stereocenters. The summed E-state index contributed by atoms with van der Waals surface area (Å²) >= 11 is 0. The van der Waals surface area contributed by atoms with Crippen molar-refractivity contribution in [3.05, 3.63) is 12.2 Å². The van der Waals surface area contributed by atoms with Gasteiger partial charge in [0.15, 0.2) is 14.1 Å². The Kier molecular flexibility index (Phi) is 5.63. The van der Waals surface area contributed by atoms with Crippen molar-refractivity contribution >= 4 is 14.1 Å². The van der Waals surface area contributed by atoms with Gasteiger partial charge in [0.05, 0.1) is 0 Å². The molecule has 2 nitrogen and oxygen atoms in total. The lowest BCUT2D eigenvalue weighted by Gasteiger charge is -2.38. The van der Waals surface area contributed by atoms with E-state index < -0.39 is 8.32 Å². The minimum absolute atomic E-state index is 0.0968. The largest absolute Gasteiger partial charge is 0.414 e. The zero-order chi connectivity index (χ0) is 13.0. The summed E-state index contributed by atoms with van der Waals surface area (Å²) in [7, 11) is -1.66. The van der Waals surface area contributed by atoms with Crippen molar-refractivity contribution in [1.29, 1.82) is 0 Å². The number of allylic oxidation sites excluding steroid dienone is 1. The lowest BCUT2D eigenvalue weighted by Crippen LogP contribution is -2.43. The predicted octanol–water partition coefficient (Wildman–Crippen LogP) is 3.93. The molecule has 0 amide bonds. The van der Waals surface area contributed by atoms with Gasteiger partial charge in [0.25, 0.3) is 0 Å². The van der Waals surface area contributed by atoms with E-state index in [2.05, 4.69) is 40.8 Å². The molecule has 94 valence electrons. The Morgan fingerprint density at radius 2 is 1.88 bits per heavy atom. The topological polar surface area (TPSA) is 26.3 Å². The Hall–Kier alpha value is -0.413. The van der Waals surface area contributed by atoms with Gasteiger partial charge < -0.3 is 4.43 Å². The van der Waals surface area contributed by atoms with Gasteiger partial charge in [-0.05, 0) is 44.5 Å². The monoisotopic (exact) mass is 242 g/mol. The van der Waals surface area contributed by atoms with Crippen LogP contribution in [0.2, 0.25) is 18.1 Å². The van der Waals surface area contributed by atoms with Crippen LogP contribution in [0.1, 0.15) is 41.0 Å². The Morgan fingerprint density at radius 1 is 1.38 bits per heavy atom. The summed E-state index contributed by atoms with van der Waals surface area (Å²) in [4.78, 5) is 10.8. The highest BCUT2D eigenvalue weighted by molar-refractivity contribution is 6.74. The molecule has 1 atom stereocenters. The van der Waals surface area contributed by atoms with Crippen LogP contribution in [0.5, 0.6) is 0 Å². The molecule has 0 aromatic carbocycles. The van der Waals surface area contributed by atoms with Gasteiger partial charge in [-0.2, -0.15) is 0 Å². The number of ketones is 1. The second-order valence-electron chi connectivity index (χ2n) is 5.94. The van der Waals surface area contributed by atoms with Crippen LogP contribution in [0.3, 0.4) is 0 Å². The fraction of sp³-hybridized carbons (Fsp3) is 0.769. The van der Waals surface area contributed by atoms with Crippen LogP contribution in [-0.4, -0.2) is 20.2 Å². The Bertz CT molecular complexity index is 262. The maximum absolute atomic E-state index is 10.8. The van der Waals surface area contributed by atoms with Crippen molar-refractivity contribution in [2.75, 3.05) is 0 Å². The summed E-state index contributed by atoms with van der Waals surface area (Å²) in [5.41, 5.74) is 0. The van der Waals surface area contributed by atoms with E-state index in [1.54, 1.807) is 13.0 Å². The third kappa shape index (κ3) is 5.61. The standard InChI is InChI=1S/C13H26O2Si/c1-11(14)9-8-10-12(2)15-16(6,7)13(3,4)5/h8-9,12H,10H2,1-7H3. The fourth-order valence-electron chi connectivity index (χ4n) is 1.15. The molecular formula is C13H26O2Si. The third-order valence-electron chi connectivity index (χ3n) is 3.12. The Morgan fingerprint density at radius 3 is 2.25 bits per heavy atom. The molecule has 0 saturated heterocycles. The Labute approximate surface area is 101 Å². The highest BCUT2D eigenvalue weighted by Gasteiger charge is 2.38. The van der Waals surface area contributed by atoms with E-state index in [-0.39, 0.29) is 16.9 Å². The molecule has 0 radical (unpaired) electrons. The summed E-state index contributed by atoms with van der Waals surface area (Å²) < 4.78 is 6.16. The second-order valence-corrected chi connectivity index (χ2v) is 10.7. The van der Waals surface area contributed by atoms with Crippen molar-refractivity contribution in [1.82, 2.24) is 0 Å². The van der Waals surface area contributed by atoms with Crippen LogP contribution >= 0.6 is 0 Å². The number of hydrogen-bond donors (Lipinski definition) is 0. The van der Waals surface area contributed by atoms with Crippen LogP contribution in [0.4, 0.5) is 0 Å². The molecule has 0 aliphatic rings. The first-order valence-corrected chi connectivity index (χ1v) is 8.82.